The zero-order chi connectivity index (χ0) is 35.9. The molecular formula is C31H42N6O11. The molecule has 0 spiro atoms. The van der Waals surface area contributed by atoms with E-state index in [2.05, 4.69) is 26.6 Å². The second kappa shape index (κ2) is 18.2. The van der Waals surface area contributed by atoms with Crippen molar-refractivity contribution in [3.05, 3.63) is 48.0 Å². The lowest BCUT2D eigenvalue weighted by Crippen LogP contribution is -2.52. The van der Waals surface area contributed by atoms with Gasteiger partial charge in [0, 0.05) is 18.6 Å². The first-order valence-corrected chi connectivity index (χ1v) is 14.9. The molecule has 1 aromatic rings. The number of carboxylic acids is 1. The number of imide groups is 1. The van der Waals surface area contributed by atoms with Gasteiger partial charge in [0.1, 0.15) is 19.4 Å². The Labute approximate surface area is 277 Å². The van der Waals surface area contributed by atoms with E-state index < -0.39 is 90.6 Å². The van der Waals surface area contributed by atoms with Gasteiger partial charge in [0.05, 0.1) is 43.8 Å². The van der Waals surface area contributed by atoms with Crippen molar-refractivity contribution in [1.82, 2.24) is 31.5 Å². The molecule has 17 nitrogen and oxygen atoms in total. The van der Waals surface area contributed by atoms with Crippen LogP contribution in [-0.4, -0.2) is 115 Å². The first-order valence-electron chi connectivity index (χ1n) is 14.9. The minimum Gasteiger partial charge on any atom is -0.480 e. The SMILES string of the molecule is CC(C)(CN1C(=O)C=CC1=O)OCC(C)(C)C(=O)NCC(=O)NCC(=O)N[C@@H](Cc1ccccc1)C(=O)NCC(=O)NCOCC(=O)O. The maximum atomic E-state index is 12.9. The van der Waals surface area contributed by atoms with Gasteiger partial charge in [-0.2, -0.15) is 0 Å². The van der Waals surface area contributed by atoms with Crippen molar-refractivity contribution in [3.8, 4) is 0 Å². The van der Waals surface area contributed by atoms with Crippen molar-refractivity contribution < 1.29 is 52.9 Å². The number of benzene rings is 1. The second-order valence-electron chi connectivity index (χ2n) is 12.0. The normalized spacial score (nSPS) is 13.5. The molecule has 48 heavy (non-hydrogen) atoms. The van der Waals surface area contributed by atoms with Crippen molar-refractivity contribution in [1.29, 1.82) is 0 Å². The minimum atomic E-state index is -1.21. The Hall–Kier alpha value is -5.16. The fourth-order valence-corrected chi connectivity index (χ4v) is 4.02. The highest BCUT2D eigenvalue weighted by atomic mass is 16.5. The molecule has 17 heteroatoms. The van der Waals surface area contributed by atoms with Crippen LogP contribution < -0.4 is 26.6 Å². The summed E-state index contributed by atoms with van der Waals surface area (Å²) in [5, 5.41) is 20.6. The topological polar surface area (TPSA) is 239 Å². The van der Waals surface area contributed by atoms with Gasteiger partial charge in [0.2, 0.25) is 29.5 Å². The Bertz CT molecular complexity index is 1380. The molecule has 1 aliphatic heterocycles. The third kappa shape index (κ3) is 14.1. The van der Waals surface area contributed by atoms with Crippen LogP contribution in [0.4, 0.5) is 0 Å². The van der Waals surface area contributed by atoms with Gasteiger partial charge in [-0.3, -0.25) is 38.5 Å². The Balaban J connectivity index is 1.82. The molecule has 0 unspecified atom stereocenters. The molecular weight excluding hydrogens is 632 g/mol. The van der Waals surface area contributed by atoms with E-state index in [0.29, 0.717) is 5.56 Å². The van der Waals surface area contributed by atoms with Crippen LogP contribution >= 0.6 is 0 Å². The van der Waals surface area contributed by atoms with Crippen molar-refractivity contribution in [3.63, 3.8) is 0 Å². The number of rotatable bonds is 20. The highest BCUT2D eigenvalue weighted by Crippen LogP contribution is 2.22. The number of hydrogen-bond donors (Lipinski definition) is 6. The number of amides is 7. The predicted molar refractivity (Wildman–Crippen MR) is 167 cm³/mol. The number of nitrogens with zero attached hydrogens (tertiary/aromatic N) is 1. The smallest absolute Gasteiger partial charge is 0.329 e. The molecule has 262 valence electrons. The van der Waals surface area contributed by atoms with E-state index in [1.165, 1.54) is 12.2 Å². The number of aliphatic carboxylic acids is 1. The monoisotopic (exact) mass is 674 g/mol. The number of carbonyl (C=O) groups excluding carboxylic acids is 7. The van der Waals surface area contributed by atoms with Crippen molar-refractivity contribution in [2.24, 2.45) is 5.41 Å². The first kappa shape index (κ1) is 39.0. The highest BCUT2D eigenvalue weighted by molar-refractivity contribution is 6.12. The molecule has 2 rings (SSSR count). The molecule has 1 atom stereocenters. The molecule has 0 saturated carbocycles. The van der Waals surface area contributed by atoms with Crippen LogP contribution in [0.2, 0.25) is 0 Å². The van der Waals surface area contributed by atoms with Crippen LogP contribution in [0, 0.1) is 5.41 Å². The van der Waals surface area contributed by atoms with Crippen LogP contribution in [0.1, 0.15) is 33.3 Å². The zero-order valence-corrected chi connectivity index (χ0v) is 27.3. The number of carbonyl (C=O) groups is 8. The van der Waals surface area contributed by atoms with Crippen molar-refractivity contribution >= 4 is 47.3 Å². The van der Waals surface area contributed by atoms with Crippen LogP contribution in [0.5, 0.6) is 0 Å². The molecule has 0 aromatic heterocycles. The first-order chi connectivity index (χ1) is 22.5. The number of ether oxygens (including phenoxy) is 2. The largest absolute Gasteiger partial charge is 0.480 e. The summed E-state index contributed by atoms with van der Waals surface area (Å²) >= 11 is 0. The second-order valence-corrected chi connectivity index (χ2v) is 12.0. The summed E-state index contributed by atoms with van der Waals surface area (Å²) in [6.07, 6.45) is 2.41. The van der Waals surface area contributed by atoms with E-state index in [1.807, 2.05) is 0 Å². The molecule has 1 aliphatic rings. The van der Waals surface area contributed by atoms with Crippen LogP contribution in [0.3, 0.4) is 0 Å². The molecule has 7 amide bonds. The molecule has 1 heterocycles. The summed E-state index contributed by atoms with van der Waals surface area (Å²) in [4.78, 5) is 97.9. The van der Waals surface area contributed by atoms with E-state index in [1.54, 1.807) is 58.0 Å². The number of hydrogen-bond acceptors (Lipinski definition) is 10. The van der Waals surface area contributed by atoms with Gasteiger partial charge < -0.3 is 41.2 Å². The molecule has 0 aliphatic carbocycles. The number of nitrogens with one attached hydrogen (secondary N) is 5. The van der Waals surface area contributed by atoms with Crippen LogP contribution in [0.15, 0.2) is 42.5 Å². The fraction of sp³-hybridized carbons (Fsp3) is 0.484. The maximum absolute atomic E-state index is 12.9. The molecule has 1 aromatic carbocycles. The predicted octanol–water partition coefficient (Wildman–Crippen LogP) is -2.02. The summed E-state index contributed by atoms with van der Waals surface area (Å²) in [7, 11) is 0. The van der Waals surface area contributed by atoms with Gasteiger partial charge >= 0.3 is 5.97 Å². The van der Waals surface area contributed by atoms with Crippen molar-refractivity contribution in [2.45, 2.75) is 45.8 Å². The number of carboxylic acid groups (broad SMARTS) is 1. The Morgan fingerprint density at radius 2 is 1.40 bits per heavy atom. The standard InChI is InChI=1S/C31H42N6O11/c1-30(2,18-48-31(3,4)17-37-25(41)10-11-26(37)42)29(46)34-14-22(38)32-15-24(40)36-21(12-20-8-6-5-7-9-20)28(45)33-13-23(39)35-19-47-16-27(43)44/h5-11,21H,12-19H2,1-4H3,(H,32,38)(H,33,45)(H,34,46)(H,35,39)(H,36,40)(H,43,44)/t21-/m0/s1. The molecule has 6 N–H and O–H groups in total. The zero-order valence-electron chi connectivity index (χ0n) is 27.3. The van der Waals surface area contributed by atoms with E-state index in [0.717, 1.165) is 4.90 Å². The highest BCUT2D eigenvalue weighted by Gasteiger charge is 2.35. The lowest BCUT2D eigenvalue weighted by molar-refractivity contribution is -0.147. The lowest BCUT2D eigenvalue weighted by atomic mass is 9.93. The van der Waals surface area contributed by atoms with Gasteiger partial charge in [-0.25, -0.2) is 4.79 Å². The van der Waals surface area contributed by atoms with Gasteiger partial charge in [-0.1, -0.05) is 30.3 Å². The van der Waals surface area contributed by atoms with Crippen molar-refractivity contribution in [2.75, 3.05) is 46.1 Å². The molecule has 0 fully saturated rings. The average molecular weight is 675 g/mol. The van der Waals surface area contributed by atoms with E-state index in [4.69, 9.17) is 14.6 Å². The lowest BCUT2D eigenvalue weighted by Gasteiger charge is -2.33. The van der Waals surface area contributed by atoms with Gasteiger partial charge in [0.25, 0.3) is 11.8 Å². The maximum Gasteiger partial charge on any atom is 0.329 e. The van der Waals surface area contributed by atoms with E-state index >= 15 is 0 Å². The third-order valence-corrected chi connectivity index (χ3v) is 6.69. The summed E-state index contributed by atoms with van der Waals surface area (Å²) < 4.78 is 10.6. The Morgan fingerprint density at radius 3 is 2.02 bits per heavy atom. The summed E-state index contributed by atoms with van der Waals surface area (Å²) in [5.41, 5.74) is -1.35. The minimum absolute atomic E-state index is 0.0192. The molecule has 0 saturated heterocycles. The van der Waals surface area contributed by atoms with E-state index in [-0.39, 0.29) is 26.3 Å². The summed E-state index contributed by atoms with van der Waals surface area (Å²) in [6, 6.07) is 7.63. The van der Waals surface area contributed by atoms with Crippen LogP contribution in [-0.2, 0) is 54.3 Å². The summed E-state index contributed by atoms with van der Waals surface area (Å²) in [5.74, 6) is -5.37. The average Bonchev–Trinajstić information content (AvgIpc) is 3.34. The van der Waals surface area contributed by atoms with E-state index in [9.17, 15) is 38.4 Å². The molecule has 0 radical (unpaired) electrons. The van der Waals surface area contributed by atoms with Gasteiger partial charge in [-0.15, -0.1) is 0 Å². The third-order valence-electron chi connectivity index (χ3n) is 6.69. The Kier molecular flexibility index (Phi) is 14.8. The van der Waals surface area contributed by atoms with Crippen LogP contribution in [0.25, 0.3) is 0 Å². The quantitative estimate of drug-likeness (QED) is 0.0502. The van der Waals surface area contributed by atoms with Gasteiger partial charge in [0.15, 0.2) is 0 Å². The Morgan fingerprint density at radius 1 is 0.812 bits per heavy atom. The van der Waals surface area contributed by atoms with Gasteiger partial charge in [-0.05, 0) is 33.3 Å². The molecule has 0 bridgehead atoms. The fourth-order valence-electron chi connectivity index (χ4n) is 4.02. The summed E-state index contributed by atoms with van der Waals surface area (Å²) in [6.45, 7) is 3.98.